The molecular weight excluding hydrogens is 354 g/mol. The van der Waals surface area contributed by atoms with Crippen molar-refractivity contribution in [3.8, 4) is 0 Å². The maximum Gasteiger partial charge on any atom is 0.0421 e. The van der Waals surface area contributed by atoms with Gasteiger partial charge in [0.2, 0.25) is 0 Å². The summed E-state index contributed by atoms with van der Waals surface area (Å²) in [5.41, 5.74) is 3.77. The third kappa shape index (κ3) is 9.09. The predicted octanol–water partition coefficient (Wildman–Crippen LogP) is 6.05. The van der Waals surface area contributed by atoms with E-state index in [1.54, 1.807) is 0 Å². The van der Waals surface area contributed by atoms with Gasteiger partial charge in [-0.1, -0.05) is 78.2 Å². The Kier molecular flexibility index (Phi) is 13.3. The van der Waals surface area contributed by atoms with Crippen molar-refractivity contribution >= 4 is 0 Å². The van der Waals surface area contributed by atoms with E-state index in [0.717, 1.165) is 44.6 Å². The maximum atomic E-state index is 4.48. The van der Waals surface area contributed by atoms with Crippen molar-refractivity contribution < 1.29 is 0 Å². The van der Waals surface area contributed by atoms with E-state index in [0.29, 0.717) is 18.0 Å². The molecule has 3 nitrogen and oxygen atoms in total. The molecule has 1 aliphatic rings. The van der Waals surface area contributed by atoms with Gasteiger partial charge in [0, 0.05) is 37.4 Å². The number of nitrogens with one attached hydrogen (secondary N) is 2. The Morgan fingerprint density at radius 2 is 1.72 bits per heavy atom. The van der Waals surface area contributed by atoms with Crippen LogP contribution in [0, 0.1) is 5.92 Å². The van der Waals surface area contributed by atoms with E-state index in [4.69, 9.17) is 0 Å². The standard InChI is InChI=1S/C26H49N3/c1-8-11-12-13-14-16-22(5)24-17-26(19-28-18-24)29(20-25(10-3)27-7)23(6)21(4)15-9-2/h24-28H,4-6,8-20H2,1-3,7H3. The van der Waals surface area contributed by atoms with Gasteiger partial charge in [-0.15, -0.1) is 0 Å². The van der Waals surface area contributed by atoms with Gasteiger partial charge in [0.05, 0.1) is 0 Å². The van der Waals surface area contributed by atoms with Crippen molar-refractivity contribution in [3.05, 3.63) is 36.6 Å². The first-order valence-corrected chi connectivity index (χ1v) is 12.2. The molecule has 1 heterocycles. The van der Waals surface area contributed by atoms with E-state index < -0.39 is 0 Å². The van der Waals surface area contributed by atoms with E-state index in [9.17, 15) is 0 Å². The minimum atomic E-state index is 0.467. The number of unbranched alkanes of at least 4 members (excludes halogenated alkanes) is 4. The van der Waals surface area contributed by atoms with Crippen LogP contribution in [-0.4, -0.2) is 43.7 Å². The Hall–Kier alpha value is -1.06. The highest BCUT2D eigenvalue weighted by atomic mass is 15.2. The molecule has 0 radical (unpaired) electrons. The second kappa shape index (κ2) is 14.8. The molecule has 2 N–H and O–H groups in total. The molecule has 0 aromatic heterocycles. The van der Waals surface area contributed by atoms with Crippen LogP contribution >= 0.6 is 0 Å². The summed E-state index contributed by atoms with van der Waals surface area (Å²) in [5.74, 6) is 0.573. The minimum absolute atomic E-state index is 0.467. The molecule has 1 rings (SSSR count). The van der Waals surface area contributed by atoms with Crippen molar-refractivity contribution in [1.29, 1.82) is 0 Å². The van der Waals surface area contributed by atoms with Gasteiger partial charge < -0.3 is 15.5 Å². The van der Waals surface area contributed by atoms with Crippen LogP contribution in [0.15, 0.2) is 36.6 Å². The lowest BCUT2D eigenvalue weighted by Crippen LogP contribution is -2.52. The fourth-order valence-corrected chi connectivity index (χ4v) is 4.42. The summed E-state index contributed by atoms with van der Waals surface area (Å²) in [7, 11) is 2.07. The molecule has 168 valence electrons. The van der Waals surface area contributed by atoms with Gasteiger partial charge in [0.1, 0.15) is 0 Å². The molecule has 0 bridgehead atoms. The smallest absolute Gasteiger partial charge is 0.0421 e. The lowest BCUT2D eigenvalue weighted by molar-refractivity contribution is 0.175. The molecule has 0 amide bonds. The lowest BCUT2D eigenvalue weighted by Gasteiger charge is -2.42. The molecule has 1 saturated heterocycles. The van der Waals surface area contributed by atoms with Crippen molar-refractivity contribution in [2.75, 3.05) is 26.7 Å². The molecule has 0 saturated carbocycles. The second-order valence-corrected chi connectivity index (χ2v) is 8.91. The van der Waals surface area contributed by atoms with Gasteiger partial charge in [-0.3, -0.25) is 0 Å². The molecule has 1 fully saturated rings. The highest BCUT2D eigenvalue weighted by Crippen LogP contribution is 2.29. The summed E-state index contributed by atoms with van der Waals surface area (Å²) >= 11 is 0. The van der Waals surface area contributed by atoms with Gasteiger partial charge in [-0.05, 0) is 50.6 Å². The SMILES string of the molecule is C=C(CCC)C(=C)N(CC(CC)NC)C1CNCC(C(=C)CCCCCCC)C1. The first-order chi connectivity index (χ1) is 14.0. The van der Waals surface area contributed by atoms with Crippen LogP contribution in [0.1, 0.15) is 85.0 Å². The quantitative estimate of drug-likeness (QED) is 0.187. The number of allylic oxidation sites excluding steroid dienone is 1. The zero-order chi connectivity index (χ0) is 21.6. The molecule has 3 atom stereocenters. The third-order valence-electron chi connectivity index (χ3n) is 6.57. The molecule has 0 aromatic carbocycles. The minimum Gasteiger partial charge on any atom is -0.366 e. The molecule has 3 heteroatoms. The Labute approximate surface area is 182 Å². The highest BCUT2D eigenvalue weighted by molar-refractivity contribution is 5.25. The molecule has 1 aliphatic heterocycles. The number of hydrogen-bond acceptors (Lipinski definition) is 3. The van der Waals surface area contributed by atoms with Crippen molar-refractivity contribution in [1.82, 2.24) is 15.5 Å². The number of nitrogens with zero attached hydrogens (tertiary/aromatic N) is 1. The van der Waals surface area contributed by atoms with Crippen molar-refractivity contribution in [2.45, 2.75) is 97.1 Å². The fourth-order valence-electron chi connectivity index (χ4n) is 4.42. The summed E-state index contributed by atoms with van der Waals surface area (Å²) < 4.78 is 0. The van der Waals surface area contributed by atoms with E-state index in [2.05, 4.69) is 63.1 Å². The average Bonchev–Trinajstić information content (AvgIpc) is 2.74. The summed E-state index contributed by atoms with van der Waals surface area (Å²) in [6, 6.07) is 0.942. The van der Waals surface area contributed by atoms with Crippen LogP contribution in [-0.2, 0) is 0 Å². The van der Waals surface area contributed by atoms with Crippen LogP contribution in [0.4, 0.5) is 0 Å². The summed E-state index contributed by atoms with van der Waals surface area (Å²) in [6.45, 7) is 23.1. The molecule has 29 heavy (non-hydrogen) atoms. The van der Waals surface area contributed by atoms with E-state index >= 15 is 0 Å². The van der Waals surface area contributed by atoms with Gasteiger partial charge in [-0.2, -0.15) is 0 Å². The summed E-state index contributed by atoms with van der Waals surface area (Å²) in [4.78, 5) is 2.54. The van der Waals surface area contributed by atoms with E-state index in [1.165, 1.54) is 56.1 Å². The summed E-state index contributed by atoms with van der Waals surface area (Å²) in [6.07, 6.45) is 12.3. The van der Waals surface area contributed by atoms with Gasteiger partial charge in [-0.25, -0.2) is 0 Å². The number of hydrogen-bond donors (Lipinski definition) is 2. The maximum absolute atomic E-state index is 4.48. The van der Waals surface area contributed by atoms with E-state index in [-0.39, 0.29) is 0 Å². The van der Waals surface area contributed by atoms with Crippen LogP contribution in [0.2, 0.25) is 0 Å². The van der Waals surface area contributed by atoms with Crippen molar-refractivity contribution in [2.24, 2.45) is 5.92 Å². The Morgan fingerprint density at radius 1 is 1.00 bits per heavy atom. The predicted molar refractivity (Wildman–Crippen MR) is 130 cm³/mol. The molecule has 0 aliphatic carbocycles. The number of piperidine rings is 1. The second-order valence-electron chi connectivity index (χ2n) is 8.91. The molecule has 0 spiro atoms. The highest BCUT2D eigenvalue weighted by Gasteiger charge is 2.30. The Morgan fingerprint density at radius 3 is 2.34 bits per heavy atom. The van der Waals surface area contributed by atoms with Crippen LogP contribution in [0.25, 0.3) is 0 Å². The third-order valence-corrected chi connectivity index (χ3v) is 6.57. The monoisotopic (exact) mass is 403 g/mol. The normalized spacial score (nSPS) is 20.3. The Bertz CT molecular complexity index is 492. The summed E-state index contributed by atoms with van der Waals surface area (Å²) in [5, 5.41) is 7.17. The van der Waals surface area contributed by atoms with Crippen LogP contribution < -0.4 is 10.6 Å². The fraction of sp³-hybridized carbons (Fsp3) is 0.769. The first kappa shape index (κ1) is 26.0. The topological polar surface area (TPSA) is 27.3 Å². The average molecular weight is 404 g/mol. The van der Waals surface area contributed by atoms with Crippen LogP contribution in [0.3, 0.4) is 0 Å². The zero-order valence-corrected chi connectivity index (χ0v) is 20.0. The van der Waals surface area contributed by atoms with Crippen LogP contribution in [0.5, 0.6) is 0 Å². The van der Waals surface area contributed by atoms with Gasteiger partial charge in [0.25, 0.3) is 0 Å². The molecule has 0 aromatic rings. The number of likely N-dealkylation sites (N-methyl/N-ethyl adjacent to an activating group) is 1. The lowest BCUT2D eigenvalue weighted by atomic mass is 9.86. The first-order valence-electron chi connectivity index (χ1n) is 12.2. The molecule has 3 unspecified atom stereocenters. The number of rotatable bonds is 16. The largest absolute Gasteiger partial charge is 0.366 e. The van der Waals surface area contributed by atoms with Gasteiger partial charge >= 0.3 is 0 Å². The van der Waals surface area contributed by atoms with Crippen molar-refractivity contribution in [3.63, 3.8) is 0 Å². The Balaban J connectivity index is 2.75. The van der Waals surface area contributed by atoms with E-state index in [1.807, 2.05) is 0 Å². The van der Waals surface area contributed by atoms with Gasteiger partial charge in [0.15, 0.2) is 0 Å². The molecular formula is C26H49N3. The zero-order valence-electron chi connectivity index (χ0n) is 20.0.